The Morgan fingerprint density at radius 1 is 1.42 bits per heavy atom. The third kappa shape index (κ3) is 7.24. The first-order valence-electron chi connectivity index (χ1n) is 4.03. The van der Waals surface area contributed by atoms with E-state index in [9.17, 15) is 4.79 Å². The summed E-state index contributed by atoms with van der Waals surface area (Å²) in [7, 11) is 0. The van der Waals surface area contributed by atoms with Gasteiger partial charge in [0, 0.05) is 13.1 Å². The molecule has 0 fully saturated rings. The number of amides is 1. The predicted octanol–water partition coefficient (Wildman–Crippen LogP) is -0.739. The summed E-state index contributed by atoms with van der Waals surface area (Å²) in [6.07, 6.45) is 2.11. The van der Waals surface area contributed by atoms with E-state index in [4.69, 9.17) is 5.11 Å². The SMILES string of the molecule is C=CC(=O)NCCCNCCO. The summed E-state index contributed by atoms with van der Waals surface area (Å²) >= 11 is 0. The van der Waals surface area contributed by atoms with Gasteiger partial charge in [0.1, 0.15) is 0 Å². The highest BCUT2D eigenvalue weighted by atomic mass is 16.3. The highest BCUT2D eigenvalue weighted by molar-refractivity contribution is 5.86. The highest BCUT2D eigenvalue weighted by Crippen LogP contribution is 1.74. The van der Waals surface area contributed by atoms with Crippen molar-refractivity contribution in [3.63, 3.8) is 0 Å². The van der Waals surface area contributed by atoms with E-state index in [1.165, 1.54) is 6.08 Å². The molecule has 0 bridgehead atoms. The predicted molar refractivity (Wildman–Crippen MR) is 47.8 cm³/mol. The fourth-order valence-electron chi connectivity index (χ4n) is 0.701. The first kappa shape index (κ1) is 11.1. The Hall–Kier alpha value is -0.870. The monoisotopic (exact) mass is 172 g/mol. The average molecular weight is 172 g/mol. The molecule has 0 aliphatic heterocycles. The fraction of sp³-hybridized carbons (Fsp3) is 0.625. The largest absolute Gasteiger partial charge is 0.395 e. The van der Waals surface area contributed by atoms with Crippen LogP contribution in [0.5, 0.6) is 0 Å². The van der Waals surface area contributed by atoms with E-state index in [2.05, 4.69) is 17.2 Å². The van der Waals surface area contributed by atoms with Gasteiger partial charge in [-0.3, -0.25) is 4.79 Å². The molecule has 0 spiro atoms. The van der Waals surface area contributed by atoms with Crippen molar-refractivity contribution in [2.75, 3.05) is 26.2 Å². The second-order valence-corrected chi connectivity index (χ2v) is 2.32. The summed E-state index contributed by atoms with van der Waals surface area (Å²) in [5, 5.41) is 14.1. The van der Waals surface area contributed by atoms with Gasteiger partial charge in [-0.25, -0.2) is 0 Å². The average Bonchev–Trinajstić information content (AvgIpc) is 2.10. The summed E-state index contributed by atoms with van der Waals surface area (Å²) in [4.78, 5) is 10.6. The van der Waals surface area contributed by atoms with Crippen LogP contribution in [-0.4, -0.2) is 37.3 Å². The number of hydrogen-bond acceptors (Lipinski definition) is 3. The minimum atomic E-state index is -0.142. The van der Waals surface area contributed by atoms with E-state index in [1.807, 2.05) is 0 Å². The summed E-state index contributed by atoms with van der Waals surface area (Å²) in [5.74, 6) is -0.142. The maximum atomic E-state index is 10.6. The summed E-state index contributed by atoms with van der Waals surface area (Å²) < 4.78 is 0. The lowest BCUT2D eigenvalue weighted by Gasteiger charge is -2.02. The van der Waals surface area contributed by atoms with Crippen molar-refractivity contribution in [2.45, 2.75) is 6.42 Å². The van der Waals surface area contributed by atoms with Crippen LogP contribution in [0.1, 0.15) is 6.42 Å². The van der Waals surface area contributed by atoms with Crippen LogP contribution in [-0.2, 0) is 4.79 Å². The molecule has 4 nitrogen and oxygen atoms in total. The van der Waals surface area contributed by atoms with E-state index < -0.39 is 0 Å². The van der Waals surface area contributed by atoms with Gasteiger partial charge in [-0.1, -0.05) is 6.58 Å². The first-order valence-corrected chi connectivity index (χ1v) is 4.03. The Labute approximate surface area is 72.7 Å². The molecule has 0 unspecified atom stereocenters. The Bertz CT molecular complexity index is 137. The van der Waals surface area contributed by atoms with Crippen molar-refractivity contribution < 1.29 is 9.90 Å². The molecule has 0 aliphatic carbocycles. The molecule has 0 aromatic carbocycles. The standard InChI is InChI=1S/C8H16N2O2/c1-2-8(12)10-5-3-4-9-6-7-11/h2,9,11H,1,3-7H2,(H,10,12). The molecule has 70 valence electrons. The van der Waals surface area contributed by atoms with E-state index >= 15 is 0 Å². The summed E-state index contributed by atoms with van der Waals surface area (Å²) in [6.45, 7) is 5.53. The summed E-state index contributed by atoms with van der Waals surface area (Å²) in [5.41, 5.74) is 0. The number of aliphatic hydroxyl groups is 1. The lowest BCUT2D eigenvalue weighted by Crippen LogP contribution is -2.26. The molecule has 3 N–H and O–H groups in total. The molecule has 0 atom stereocenters. The van der Waals surface area contributed by atoms with Crippen LogP contribution in [0.25, 0.3) is 0 Å². The van der Waals surface area contributed by atoms with Gasteiger partial charge in [0.25, 0.3) is 0 Å². The van der Waals surface area contributed by atoms with Gasteiger partial charge in [-0.05, 0) is 19.0 Å². The van der Waals surface area contributed by atoms with Gasteiger partial charge in [-0.2, -0.15) is 0 Å². The van der Waals surface area contributed by atoms with E-state index in [0.29, 0.717) is 13.1 Å². The summed E-state index contributed by atoms with van der Waals surface area (Å²) in [6, 6.07) is 0. The minimum absolute atomic E-state index is 0.142. The molecule has 4 heteroatoms. The van der Waals surface area contributed by atoms with Crippen molar-refractivity contribution in [1.29, 1.82) is 0 Å². The Balaban J connectivity index is 3.00. The number of aliphatic hydroxyl groups excluding tert-OH is 1. The van der Waals surface area contributed by atoms with Gasteiger partial charge in [0.05, 0.1) is 6.61 Å². The molecule has 0 aromatic rings. The van der Waals surface area contributed by atoms with Crippen molar-refractivity contribution >= 4 is 5.91 Å². The van der Waals surface area contributed by atoms with Crippen LogP contribution < -0.4 is 10.6 Å². The smallest absolute Gasteiger partial charge is 0.243 e. The Morgan fingerprint density at radius 3 is 2.75 bits per heavy atom. The molecule has 0 aromatic heterocycles. The number of hydrogen-bond donors (Lipinski definition) is 3. The third-order valence-electron chi connectivity index (χ3n) is 1.30. The van der Waals surface area contributed by atoms with E-state index in [-0.39, 0.29) is 12.5 Å². The van der Waals surface area contributed by atoms with Crippen molar-refractivity contribution in [1.82, 2.24) is 10.6 Å². The molecule has 0 heterocycles. The molecule has 0 aliphatic rings. The molecule has 0 saturated carbocycles. The van der Waals surface area contributed by atoms with Gasteiger partial charge in [-0.15, -0.1) is 0 Å². The topological polar surface area (TPSA) is 61.4 Å². The van der Waals surface area contributed by atoms with Gasteiger partial charge in [0.15, 0.2) is 0 Å². The van der Waals surface area contributed by atoms with Crippen LogP contribution in [0.2, 0.25) is 0 Å². The number of nitrogens with one attached hydrogen (secondary N) is 2. The number of carbonyl (C=O) groups excluding carboxylic acids is 1. The van der Waals surface area contributed by atoms with Crippen molar-refractivity contribution in [2.24, 2.45) is 0 Å². The third-order valence-corrected chi connectivity index (χ3v) is 1.30. The zero-order valence-corrected chi connectivity index (χ0v) is 7.18. The Morgan fingerprint density at radius 2 is 2.17 bits per heavy atom. The zero-order valence-electron chi connectivity index (χ0n) is 7.18. The second kappa shape index (κ2) is 8.23. The molecular weight excluding hydrogens is 156 g/mol. The van der Waals surface area contributed by atoms with Gasteiger partial charge >= 0.3 is 0 Å². The molecule has 12 heavy (non-hydrogen) atoms. The van der Waals surface area contributed by atoms with E-state index in [0.717, 1.165) is 13.0 Å². The number of carbonyl (C=O) groups is 1. The number of rotatable bonds is 7. The van der Waals surface area contributed by atoms with Crippen LogP contribution in [0.15, 0.2) is 12.7 Å². The van der Waals surface area contributed by atoms with Crippen LogP contribution >= 0.6 is 0 Å². The maximum absolute atomic E-state index is 10.6. The molecule has 0 rings (SSSR count). The lowest BCUT2D eigenvalue weighted by atomic mass is 10.4. The molecule has 0 saturated heterocycles. The van der Waals surface area contributed by atoms with Crippen molar-refractivity contribution in [3.05, 3.63) is 12.7 Å². The Kier molecular flexibility index (Phi) is 7.63. The van der Waals surface area contributed by atoms with Crippen LogP contribution in [0, 0.1) is 0 Å². The van der Waals surface area contributed by atoms with Gasteiger partial charge in [0.2, 0.25) is 5.91 Å². The zero-order chi connectivity index (χ0) is 9.23. The lowest BCUT2D eigenvalue weighted by molar-refractivity contribution is -0.116. The van der Waals surface area contributed by atoms with Gasteiger partial charge < -0.3 is 15.7 Å². The second-order valence-electron chi connectivity index (χ2n) is 2.32. The maximum Gasteiger partial charge on any atom is 0.243 e. The van der Waals surface area contributed by atoms with Crippen molar-refractivity contribution in [3.8, 4) is 0 Å². The molecular formula is C8H16N2O2. The fourth-order valence-corrected chi connectivity index (χ4v) is 0.701. The highest BCUT2D eigenvalue weighted by Gasteiger charge is 1.91. The van der Waals surface area contributed by atoms with E-state index in [1.54, 1.807) is 0 Å². The molecule has 1 amide bonds. The normalized spacial score (nSPS) is 9.42. The first-order chi connectivity index (χ1) is 5.81. The molecule has 0 radical (unpaired) electrons. The van der Waals surface area contributed by atoms with Crippen LogP contribution in [0.3, 0.4) is 0 Å². The van der Waals surface area contributed by atoms with Crippen LogP contribution in [0.4, 0.5) is 0 Å². The quantitative estimate of drug-likeness (QED) is 0.350. The minimum Gasteiger partial charge on any atom is -0.395 e.